The van der Waals surface area contributed by atoms with Crippen LogP contribution in [-0.2, 0) is 0 Å². The third-order valence-corrected chi connectivity index (χ3v) is 1.46. The number of hydrogen-bond donors (Lipinski definition) is 0. The number of aromatic nitrogens is 1. The number of hydrogen-bond acceptors (Lipinski definition) is 1. The Morgan fingerprint density at radius 1 is 1.33 bits per heavy atom. The maximum Gasteiger partial charge on any atom is 0.511 e. The molecule has 1 aromatic rings. The van der Waals surface area contributed by atoms with Gasteiger partial charge < -0.3 is 12.9 Å². The van der Waals surface area contributed by atoms with Crippen LogP contribution < -0.4 is 5.46 Å². The van der Waals surface area contributed by atoms with Crippen LogP contribution in [0.3, 0.4) is 0 Å². The SMILES string of the molecule is Fc1ncc([B-](F)(F)F)cc1Cl. The Morgan fingerprint density at radius 3 is 2.33 bits per heavy atom. The van der Waals surface area contributed by atoms with E-state index in [4.69, 9.17) is 11.6 Å². The van der Waals surface area contributed by atoms with Crippen LogP contribution in [0.5, 0.6) is 0 Å². The van der Waals surface area contributed by atoms with Crippen molar-refractivity contribution in [3.8, 4) is 0 Å². The van der Waals surface area contributed by atoms with E-state index in [1.807, 2.05) is 0 Å². The summed E-state index contributed by atoms with van der Waals surface area (Å²) in [5.41, 5.74) is -0.999. The molecule has 66 valence electrons. The molecular weight excluding hydrogens is 196 g/mol. The maximum absolute atomic E-state index is 12.3. The van der Waals surface area contributed by atoms with Gasteiger partial charge in [-0.1, -0.05) is 23.1 Å². The van der Waals surface area contributed by atoms with Crippen molar-refractivity contribution in [3.63, 3.8) is 0 Å². The predicted molar refractivity (Wildman–Crippen MR) is 37.9 cm³/mol. The van der Waals surface area contributed by atoms with Gasteiger partial charge in [0.15, 0.2) is 0 Å². The van der Waals surface area contributed by atoms with Crippen LogP contribution in [0.15, 0.2) is 12.3 Å². The lowest BCUT2D eigenvalue weighted by Gasteiger charge is -2.13. The van der Waals surface area contributed by atoms with E-state index >= 15 is 0 Å². The largest absolute Gasteiger partial charge is 0.511 e. The number of pyridine rings is 1. The number of rotatable bonds is 1. The highest BCUT2D eigenvalue weighted by atomic mass is 35.5. The molecule has 0 bridgehead atoms. The maximum atomic E-state index is 12.3. The first-order valence-electron chi connectivity index (χ1n) is 2.92. The van der Waals surface area contributed by atoms with E-state index < -0.39 is 23.4 Å². The van der Waals surface area contributed by atoms with Crippen molar-refractivity contribution in [1.82, 2.24) is 4.98 Å². The van der Waals surface area contributed by atoms with E-state index in [1.165, 1.54) is 0 Å². The molecule has 0 saturated heterocycles. The molecule has 0 aromatic carbocycles. The van der Waals surface area contributed by atoms with Crippen molar-refractivity contribution in [2.24, 2.45) is 0 Å². The van der Waals surface area contributed by atoms with Crippen LogP contribution in [0.25, 0.3) is 0 Å². The van der Waals surface area contributed by atoms with Gasteiger partial charge in [0.25, 0.3) is 0 Å². The average molecular weight is 198 g/mol. The first kappa shape index (κ1) is 9.31. The summed E-state index contributed by atoms with van der Waals surface area (Å²) in [6.45, 7) is -5.15. The summed E-state index contributed by atoms with van der Waals surface area (Å²) in [7, 11) is 0. The van der Waals surface area contributed by atoms with Crippen LogP contribution in [-0.4, -0.2) is 12.0 Å². The molecule has 0 atom stereocenters. The molecule has 12 heavy (non-hydrogen) atoms. The average Bonchev–Trinajstić information content (AvgIpc) is 1.92. The van der Waals surface area contributed by atoms with Crippen LogP contribution >= 0.6 is 11.6 Å². The predicted octanol–water partition coefficient (Wildman–Crippen LogP) is 1.93. The van der Waals surface area contributed by atoms with Gasteiger partial charge in [0, 0.05) is 6.20 Å². The lowest BCUT2D eigenvalue weighted by Crippen LogP contribution is -2.34. The molecule has 0 aliphatic heterocycles. The molecule has 1 nitrogen and oxygen atoms in total. The summed E-state index contributed by atoms with van der Waals surface area (Å²) in [5.74, 6) is -1.10. The standard InChI is InChI=1S/C5H2BClF4N/c7-4-1-3(6(9,10)11)2-12-5(4)8/h1-2H/q-1. The molecule has 1 aromatic heterocycles. The Morgan fingerprint density at radius 2 is 1.92 bits per heavy atom. The molecule has 0 amide bonds. The molecule has 0 radical (unpaired) electrons. The summed E-state index contributed by atoms with van der Waals surface area (Å²) in [5, 5.41) is -0.619. The summed E-state index contributed by atoms with van der Waals surface area (Å²) < 4.78 is 48.1. The third-order valence-electron chi connectivity index (χ3n) is 1.20. The Kier molecular flexibility index (Phi) is 2.28. The zero-order chi connectivity index (χ0) is 9.35. The minimum absolute atomic E-state index is 0.418. The minimum atomic E-state index is -5.15. The van der Waals surface area contributed by atoms with E-state index in [0.717, 1.165) is 0 Å². The Bertz CT molecular complexity index is 300. The molecule has 0 unspecified atom stereocenters. The lowest BCUT2D eigenvalue weighted by molar-refractivity contribution is 0.500. The molecule has 1 rings (SSSR count). The Balaban J connectivity index is 3.14. The Labute approximate surface area is 70.4 Å². The van der Waals surface area contributed by atoms with Crippen LogP contribution in [0.2, 0.25) is 5.02 Å². The fourth-order valence-electron chi connectivity index (χ4n) is 0.615. The van der Waals surface area contributed by atoms with Gasteiger partial charge in [0.05, 0.1) is 5.02 Å². The fraction of sp³-hybridized carbons (Fsp3) is 0. The quantitative estimate of drug-likeness (QED) is 0.382. The highest BCUT2D eigenvalue weighted by Crippen LogP contribution is 2.14. The van der Waals surface area contributed by atoms with Gasteiger partial charge in [0.2, 0.25) is 5.95 Å². The fourth-order valence-corrected chi connectivity index (χ4v) is 0.790. The second kappa shape index (κ2) is 2.93. The normalized spacial score (nSPS) is 11.8. The van der Waals surface area contributed by atoms with Crippen molar-refractivity contribution in [1.29, 1.82) is 0 Å². The van der Waals surface area contributed by atoms with Crippen molar-refractivity contribution in [3.05, 3.63) is 23.2 Å². The van der Waals surface area contributed by atoms with E-state index in [0.29, 0.717) is 12.3 Å². The Hall–Kier alpha value is -0.775. The molecule has 0 N–H and O–H groups in total. The first-order valence-corrected chi connectivity index (χ1v) is 3.30. The number of halogens is 5. The zero-order valence-corrected chi connectivity index (χ0v) is 6.33. The van der Waals surface area contributed by atoms with Crippen molar-refractivity contribution in [2.75, 3.05) is 0 Å². The number of nitrogens with zero attached hydrogens (tertiary/aromatic N) is 1. The van der Waals surface area contributed by atoms with Crippen LogP contribution in [0.1, 0.15) is 0 Å². The molecular formula is C5H2BClF4N-. The van der Waals surface area contributed by atoms with Gasteiger partial charge in [-0.3, -0.25) is 0 Å². The molecule has 0 spiro atoms. The van der Waals surface area contributed by atoms with Gasteiger partial charge >= 0.3 is 6.98 Å². The van der Waals surface area contributed by atoms with Crippen molar-refractivity contribution in [2.45, 2.75) is 0 Å². The first-order chi connectivity index (χ1) is 5.41. The van der Waals surface area contributed by atoms with Crippen LogP contribution in [0.4, 0.5) is 17.3 Å². The van der Waals surface area contributed by atoms with Crippen LogP contribution in [0, 0.1) is 5.95 Å². The molecule has 0 aliphatic rings. The van der Waals surface area contributed by atoms with Gasteiger partial charge in [-0.2, -0.15) is 4.39 Å². The van der Waals surface area contributed by atoms with Gasteiger partial charge in [-0.15, -0.1) is 0 Å². The molecule has 0 aliphatic carbocycles. The van der Waals surface area contributed by atoms with E-state index in [9.17, 15) is 17.3 Å². The monoisotopic (exact) mass is 198 g/mol. The highest BCUT2D eigenvalue weighted by molar-refractivity contribution is 6.73. The topological polar surface area (TPSA) is 12.9 Å². The van der Waals surface area contributed by atoms with Gasteiger partial charge in [-0.05, 0) is 0 Å². The van der Waals surface area contributed by atoms with Gasteiger partial charge in [0.1, 0.15) is 0 Å². The second-order valence-electron chi connectivity index (χ2n) is 2.12. The summed E-state index contributed by atoms with van der Waals surface area (Å²) in [6.07, 6.45) is 0.418. The van der Waals surface area contributed by atoms with E-state index in [1.54, 1.807) is 0 Å². The lowest BCUT2D eigenvalue weighted by atomic mass is 9.82. The van der Waals surface area contributed by atoms with E-state index in [2.05, 4.69) is 4.98 Å². The molecule has 0 saturated carbocycles. The second-order valence-corrected chi connectivity index (χ2v) is 2.52. The highest BCUT2D eigenvalue weighted by Gasteiger charge is 2.26. The van der Waals surface area contributed by atoms with Crippen molar-refractivity contribution < 1.29 is 17.3 Å². The molecule has 7 heteroatoms. The molecule has 0 fully saturated rings. The summed E-state index contributed by atoms with van der Waals surface area (Å²) >= 11 is 5.09. The van der Waals surface area contributed by atoms with Gasteiger partial charge in [-0.25, -0.2) is 4.98 Å². The minimum Gasteiger partial charge on any atom is -0.445 e. The summed E-state index contributed by atoms with van der Waals surface area (Å²) in [6, 6.07) is 0.518. The van der Waals surface area contributed by atoms with Crippen molar-refractivity contribution >= 4 is 24.0 Å². The zero-order valence-electron chi connectivity index (χ0n) is 5.57. The molecule has 1 heterocycles. The van der Waals surface area contributed by atoms with E-state index in [-0.39, 0.29) is 0 Å². The summed E-state index contributed by atoms with van der Waals surface area (Å²) in [4.78, 5) is 2.84. The third kappa shape index (κ3) is 1.88. The smallest absolute Gasteiger partial charge is 0.445 e.